The molecule has 0 aliphatic heterocycles. The zero-order valence-corrected chi connectivity index (χ0v) is 8.39. The summed E-state index contributed by atoms with van der Waals surface area (Å²) in [5.74, 6) is -0.295. The van der Waals surface area contributed by atoms with Crippen molar-refractivity contribution in [3.63, 3.8) is 0 Å². The maximum atomic E-state index is 11.3. The largest absolute Gasteiger partial charge is 0.462 e. The lowest BCUT2D eigenvalue weighted by molar-refractivity contribution is 0.0525. The van der Waals surface area contributed by atoms with E-state index in [-0.39, 0.29) is 5.97 Å². The fraction of sp³-hybridized carbons (Fsp3) is 0.300. The summed E-state index contributed by atoms with van der Waals surface area (Å²) in [6.07, 6.45) is 0. The molecule has 0 aliphatic carbocycles. The van der Waals surface area contributed by atoms with Crippen molar-refractivity contribution in [1.29, 1.82) is 0 Å². The summed E-state index contributed by atoms with van der Waals surface area (Å²) in [6.45, 7) is 4.00. The smallest absolute Gasteiger partial charge is 0.338 e. The van der Waals surface area contributed by atoms with Crippen LogP contribution in [0.25, 0.3) is 0 Å². The van der Waals surface area contributed by atoms with Crippen LogP contribution in [0.3, 0.4) is 0 Å². The molecule has 13 heavy (non-hydrogen) atoms. The molecule has 0 bridgehead atoms. The lowest BCUT2D eigenvalue weighted by Gasteiger charge is -2.04. The van der Waals surface area contributed by atoms with Crippen molar-refractivity contribution < 1.29 is 9.53 Å². The van der Waals surface area contributed by atoms with Crippen LogP contribution in [0.4, 0.5) is 0 Å². The molecule has 0 amide bonds. The van der Waals surface area contributed by atoms with Crippen molar-refractivity contribution in [2.45, 2.75) is 13.8 Å². The second kappa shape index (κ2) is 4.28. The SMILES string of the molecule is CCOC(=O)c1ccc(Cl)cc1C. The molecule has 3 heteroatoms. The van der Waals surface area contributed by atoms with E-state index < -0.39 is 0 Å². The minimum Gasteiger partial charge on any atom is -0.462 e. The van der Waals surface area contributed by atoms with Crippen LogP contribution in [0.2, 0.25) is 5.02 Å². The highest BCUT2D eigenvalue weighted by atomic mass is 35.5. The average Bonchev–Trinajstić information content (AvgIpc) is 2.04. The zero-order valence-electron chi connectivity index (χ0n) is 7.63. The summed E-state index contributed by atoms with van der Waals surface area (Å²) in [6, 6.07) is 5.10. The molecule has 0 saturated carbocycles. The van der Waals surface area contributed by atoms with Crippen LogP contribution in [-0.4, -0.2) is 12.6 Å². The van der Waals surface area contributed by atoms with Crippen LogP contribution < -0.4 is 0 Å². The number of carbonyl (C=O) groups is 1. The van der Waals surface area contributed by atoms with Gasteiger partial charge in [-0.2, -0.15) is 0 Å². The molecule has 0 radical (unpaired) electrons. The highest BCUT2D eigenvalue weighted by Crippen LogP contribution is 2.15. The third-order valence-corrected chi connectivity index (χ3v) is 1.92. The van der Waals surface area contributed by atoms with E-state index in [4.69, 9.17) is 16.3 Å². The first kappa shape index (κ1) is 10.1. The van der Waals surface area contributed by atoms with Crippen LogP contribution in [0.15, 0.2) is 18.2 Å². The van der Waals surface area contributed by atoms with Crippen LogP contribution in [0.5, 0.6) is 0 Å². The number of esters is 1. The zero-order chi connectivity index (χ0) is 9.84. The minimum absolute atomic E-state index is 0.295. The fourth-order valence-electron chi connectivity index (χ4n) is 1.06. The Hall–Kier alpha value is -1.02. The molecule has 0 spiro atoms. The first-order chi connectivity index (χ1) is 6.15. The number of ether oxygens (including phenoxy) is 1. The van der Waals surface area contributed by atoms with Crippen molar-refractivity contribution in [3.8, 4) is 0 Å². The van der Waals surface area contributed by atoms with E-state index in [9.17, 15) is 4.79 Å². The summed E-state index contributed by atoms with van der Waals surface area (Å²) >= 11 is 5.75. The predicted octanol–water partition coefficient (Wildman–Crippen LogP) is 2.83. The lowest BCUT2D eigenvalue weighted by Crippen LogP contribution is -2.06. The van der Waals surface area contributed by atoms with Crippen molar-refractivity contribution in [2.24, 2.45) is 0 Å². The average molecular weight is 199 g/mol. The van der Waals surface area contributed by atoms with Crippen molar-refractivity contribution in [3.05, 3.63) is 34.3 Å². The highest BCUT2D eigenvalue weighted by molar-refractivity contribution is 6.30. The normalized spacial score (nSPS) is 9.77. The number of benzene rings is 1. The molecule has 0 aromatic heterocycles. The molecule has 0 atom stereocenters. The van der Waals surface area contributed by atoms with Gasteiger partial charge in [0.2, 0.25) is 0 Å². The maximum Gasteiger partial charge on any atom is 0.338 e. The molecule has 0 aliphatic rings. The Labute approximate surface area is 82.5 Å². The molecular formula is C10H11ClO2. The summed E-state index contributed by atoms with van der Waals surface area (Å²) in [5, 5.41) is 0.630. The van der Waals surface area contributed by atoms with Gasteiger partial charge in [-0.3, -0.25) is 0 Å². The van der Waals surface area contributed by atoms with E-state index in [1.165, 1.54) is 0 Å². The molecule has 0 N–H and O–H groups in total. The Morgan fingerprint density at radius 3 is 2.77 bits per heavy atom. The van der Waals surface area contributed by atoms with E-state index >= 15 is 0 Å². The minimum atomic E-state index is -0.295. The fourth-order valence-corrected chi connectivity index (χ4v) is 1.29. The maximum absolute atomic E-state index is 11.3. The summed E-state index contributed by atoms with van der Waals surface area (Å²) < 4.78 is 4.87. The first-order valence-electron chi connectivity index (χ1n) is 4.08. The molecule has 1 rings (SSSR count). The van der Waals surface area contributed by atoms with Gasteiger partial charge < -0.3 is 4.74 Å². The molecule has 0 fully saturated rings. The van der Waals surface area contributed by atoms with Crippen molar-refractivity contribution in [2.75, 3.05) is 6.61 Å². The number of hydrogen-bond acceptors (Lipinski definition) is 2. The van der Waals surface area contributed by atoms with Gasteiger partial charge in [0.15, 0.2) is 0 Å². The van der Waals surface area contributed by atoms with E-state index in [0.29, 0.717) is 17.2 Å². The summed E-state index contributed by atoms with van der Waals surface area (Å²) in [5.41, 5.74) is 1.41. The number of rotatable bonds is 2. The second-order valence-electron chi connectivity index (χ2n) is 2.68. The second-order valence-corrected chi connectivity index (χ2v) is 3.12. The molecule has 0 heterocycles. The number of aryl methyl sites for hydroxylation is 1. The Morgan fingerprint density at radius 2 is 2.23 bits per heavy atom. The number of halogens is 1. The topological polar surface area (TPSA) is 26.3 Å². The predicted molar refractivity (Wildman–Crippen MR) is 52.1 cm³/mol. The molecule has 0 saturated heterocycles. The van der Waals surface area contributed by atoms with Gasteiger partial charge in [-0.1, -0.05) is 11.6 Å². The number of carbonyl (C=O) groups excluding carboxylic acids is 1. The number of hydrogen-bond donors (Lipinski definition) is 0. The van der Waals surface area contributed by atoms with Crippen molar-refractivity contribution >= 4 is 17.6 Å². The molecular weight excluding hydrogens is 188 g/mol. The quantitative estimate of drug-likeness (QED) is 0.684. The highest BCUT2D eigenvalue weighted by Gasteiger charge is 2.09. The van der Waals surface area contributed by atoms with E-state index in [1.54, 1.807) is 25.1 Å². The van der Waals surface area contributed by atoms with Gasteiger partial charge in [0.25, 0.3) is 0 Å². The molecule has 1 aromatic carbocycles. The van der Waals surface area contributed by atoms with E-state index in [1.807, 2.05) is 6.92 Å². The molecule has 0 unspecified atom stereocenters. The van der Waals surface area contributed by atoms with E-state index in [2.05, 4.69) is 0 Å². The van der Waals surface area contributed by atoms with Crippen LogP contribution in [0, 0.1) is 6.92 Å². The van der Waals surface area contributed by atoms with Gasteiger partial charge in [-0.15, -0.1) is 0 Å². The van der Waals surface area contributed by atoms with Gasteiger partial charge >= 0.3 is 5.97 Å². The summed E-state index contributed by atoms with van der Waals surface area (Å²) in [4.78, 5) is 11.3. The Morgan fingerprint density at radius 1 is 1.54 bits per heavy atom. The van der Waals surface area contributed by atoms with Gasteiger partial charge in [0, 0.05) is 5.02 Å². The van der Waals surface area contributed by atoms with E-state index in [0.717, 1.165) is 5.56 Å². The van der Waals surface area contributed by atoms with Gasteiger partial charge in [-0.05, 0) is 37.6 Å². The Balaban J connectivity index is 2.95. The Kier molecular flexibility index (Phi) is 3.32. The lowest BCUT2D eigenvalue weighted by atomic mass is 10.1. The van der Waals surface area contributed by atoms with Crippen LogP contribution in [-0.2, 0) is 4.74 Å². The van der Waals surface area contributed by atoms with Gasteiger partial charge in [-0.25, -0.2) is 4.79 Å². The van der Waals surface area contributed by atoms with Crippen LogP contribution >= 0.6 is 11.6 Å². The van der Waals surface area contributed by atoms with Gasteiger partial charge in [0.05, 0.1) is 12.2 Å². The first-order valence-corrected chi connectivity index (χ1v) is 4.46. The van der Waals surface area contributed by atoms with Crippen molar-refractivity contribution in [1.82, 2.24) is 0 Å². The van der Waals surface area contributed by atoms with Crippen LogP contribution in [0.1, 0.15) is 22.8 Å². The molecule has 2 nitrogen and oxygen atoms in total. The molecule has 70 valence electrons. The monoisotopic (exact) mass is 198 g/mol. The Bertz CT molecular complexity index is 321. The molecule has 1 aromatic rings. The van der Waals surface area contributed by atoms with Gasteiger partial charge in [0.1, 0.15) is 0 Å². The third-order valence-electron chi connectivity index (χ3n) is 1.68. The standard InChI is InChI=1S/C10H11ClO2/c1-3-13-10(12)9-5-4-8(11)6-7(9)2/h4-6H,3H2,1-2H3. The summed E-state index contributed by atoms with van der Waals surface area (Å²) in [7, 11) is 0. The third kappa shape index (κ3) is 2.46.